The Kier molecular flexibility index (Phi) is 2.75. The third kappa shape index (κ3) is 2.47. The Balaban J connectivity index is 1.78. The van der Waals surface area contributed by atoms with Crippen LogP contribution in [0.5, 0.6) is 5.75 Å². The molecule has 0 saturated carbocycles. The van der Waals surface area contributed by atoms with E-state index in [2.05, 4.69) is 10.1 Å². The molecular formula is C13H11FN4O. The highest BCUT2D eigenvalue weighted by molar-refractivity contribution is 5.46. The molecule has 0 fully saturated rings. The van der Waals surface area contributed by atoms with E-state index in [0.29, 0.717) is 22.9 Å². The van der Waals surface area contributed by atoms with Crippen molar-refractivity contribution in [2.24, 2.45) is 0 Å². The van der Waals surface area contributed by atoms with E-state index in [-0.39, 0.29) is 12.4 Å². The molecule has 0 atom stereocenters. The average Bonchev–Trinajstić information content (AvgIpc) is 2.78. The van der Waals surface area contributed by atoms with Crippen molar-refractivity contribution in [1.82, 2.24) is 14.6 Å². The summed E-state index contributed by atoms with van der Waals surface area (Å²) in [4.78, 5) is 4.27. The number of ether oxygens (including phenoxy) is 1. The second-order valence-corrected chi connectivity index (χ2v) is 4.04. The van der Waals surface area contributed by atoms with E-state index < -0.39 is 0 Å². The summed E-state index contributed by atoms with van der Waals surface area (Å²) in [5.41, 5.74) is 6.95. The van der Waals surface area contributed by atoms with Gasteiger partial charge in [-0.3, -0.25) is 0 Å². The topological polar surface area (TPSA) is 65.4 Å². The molecule has 96 valence electrons. The van der Waals surface area contributed by atoms with Crippen molar-refractivity contribution in [3.8, 4) is 5.75 Å². The number of aromatic nitrogens is 3. The molecule has 0 amide bonds. The van der Waals surface area contributed by atoms with Gasteiger partial charge in [-0.05, 0) is 24.3 Å². The van der Waals surface area contributed by atoms with Gasteiger partial charge in [-0.1, -0.05) is 6.07 Å². The molecule has 2 heterocycles. The van der Waals surface area contributed by atoms with Gasteiger partial charge in [0.25, 0.3) is 0 Å². The Bertz CT molecular complexity index is 725. The van der Waals surface area contributed by atoms with E-state index in [1.807, 2.05) is 0 Å². The van der Waals surface area contributed by atoms with Crippen LogP contribution in [0.2, 0.25) is 0 Å². The maximum absolute atomic E-state index is 13.0. The van der Waals surface area contributed by atoms with Gasteiger partial charge in [0.05, 0.1) is 11.9 Å². The SMILES string of the molecule is Nc1ccc2nc(COc3cccc(F)c3)nn2c1. The number of rotatable bonds is 3. The van der Waals surface area contributed by atoms with Crippen LogP contribution in [0.1, 0.15) is 5.82 Å². The molecule has 6 heteroatoms. The lowest BCUT2D eigenvalue weighted by atomic mass is 10.3. The zero-order chi connectivity index (χ0) is 13.2. The zero-order valence-electron chi connectivity index (χ0n) is 9.95. The smallest absolute Gasteiger partial charge is 0.189 e. The molecule has 0 saturated heterocycles. The van der Waals surface area contributed by atoms with Crippen LogP contribution in [0, 0.1) is 5.82 Å². The van der Waals surface area contributed by atoms with Crippen molar-refractivity contribution in [2.75, 3.05) is 5.73 Å². The Morgan fingerprint density at radius 3 is 3.00 bits per heavy atom. The van der Waals surface area contributed by atoms with Gasteiger partial charge in [0.2, 0.25) is 0 Å². The molecule has 3 rings (SSSR count). The second-order valence-electron chi connectivity index (χ2n) is 4.04. The molecule has 0 aliphatic rings. The van der Waals surface area contributed by atoms with Crippen LogP contribution in [0.15, 0.2) is 42.6 Å². The van der Waals surface area contributed by atoms with E-state index in [1.54, 1.807) is 35.0 Å². The fraction of sp³-hybridized carbons (Fsp3) is 0.0769. The molecule has 2 aromatic heterocycles. The first-order valence-corrected chi connectivity index (χ1v) is 5.70. The number of pyridine rings is 1. The van der Waals surface area contributed by atoms with Gasteiger partial charge in [0, 0.05) is 6.07 Å². The predicted octanol–water partition coefficient (Wildman–Crippen LogP) is 2.03. The summed E-state index contributed by atoms with van der Waals surface area (Å²) in [6.45, 7) is 0.172. The standard InChI is InChI=1S/C13H11FN4O/c14-9-2-1-3-11(6-9)19-8-12-16-13-5-4-10(15)7-18(13)17-12/h1-7H,8,15H2. The lowest BCUT2D eigenvalue weighted by molar-refractivity contribution is 0.294. The monoisotopic (exact) mass is 258 g/mol. The summed E-state index contributed by atoms with van der Waals surface area (Å²) in [6, 6.07) is 9.46. The van der Waals surface area contributed by atoms with E-state index in [1.165, 1.54) is 12.1 Å². The normalized spacial score (nSPS) is 10.8. The van der Waals surface area contributed by atoms with Crippen LogP contribution in [0.3, 0.4) is 0 Å². The number of fused-ring (bicyclic) bond motifs is 1. The fourth-order valence-electron chi connectivity index (χ4n) is 1.71. The van der Waals surface area contributed by atoms with Crippen LogP contribution in [0.25, 0.3) is 5.65 Å². The third-order valence-corrected chi connectivity index (χ3v) is 2.56. The van der Waals surface area contributed by atoms with Crippen molar-refractivity contribution in [3.63, 3.8) is 0 Å². The Morgan fingerprint density at radius 1 is 1.26 bits per heavy atom. The highest BCUT2D eigenvalue weighted by atomic mass is 19.1. The van der Waals surface area contributed by atoms with Crippen molar-refractivity contribution in [2.45, 2.75) is 6.61 Å². The number of nitrogens with two attached hydrogens (primary N) is 1. The Morgan fingerprint density at radius 2 is 2.16 bits per heavy atom. The molecule has 0 bridgehead atoms. The third-order valence-electron chi connectivity index (χ3n) is 2.56. The molecule has 5 nitrogen and oxygen atoms in total. The minimum atomic E-state index is -0.340. The number of halogens is 1. The maximum atomic E-state index is 13.0. The molecule has 1 aromatic carbocycles. The summed E-state index contributed by atoms with van der Waals surface area (Å²) in [7, 11) is 0. The lowest BCUT2D eigenvalue weighted by Crippen LogP contribution is -1.98. The number of nitrogen functional groups attached to an aromatic ring is 1. The molecule has 0 radical (unpaired) electrons. The van der Waals surface area contributed by atoms with E-state index >= 15 is 0 Å². The van der Waals surface area contributed by atoms with Crippen LogP contribution < -0.4 is 10.5 Å². The minimum Gasteiger partial charge on any atom is -0.485 e. The summed E-state index contributed by atoms with van der Waals surface area (Å²) in [6.07, 6.45) is 1.67. The number of anilines is 1. The largest absolute Gasteiger partial charge is 0.485 e. The molecule has 0 spiro atoms. The summed E-state index contributed by atoms with van der Waals surface area (Å²) >= 11 is 0. The van der Waals surface area contributed by atoms with E-state index in [4.69, 9.17) is 10.5 Å². The molecule has 19 heavy (non-hydrogen) atoms. The van der Waals surface area contributed by atoms with Crippen molar-refractivity contribution in [3.05, 3.63) is 54.2 Å². The van der Waals surface area contributed by atoms with Crippen molar-refractivity contribution < 1.29 is 9.13 Å². The van der Waals surface area contributed by atoms with Crippen LogP contribution in [0.4, 0.5) is 10.1 Å². The Labute approximate surface area is 108 Å². The van der Waals surface area contributed by atoms with Crippen molar-refractivity contribution >= 4 is 11.3 Å². The van der Waals surface area contributed by atoms with Crippen molar-refractivity contribution in [1.29, 1.82) is 0 Å². The van der Waals surface area contributed by atoms with Gasteiger partial charge in [0.15, 0.2) is 11.5 Å². The van der Waals surface area contributed by atoms with Gasteiger partial charge >= 0.3 is 0 Å². The molecule has 2 N–H and O–H groups in total. The van der Waals surface area contributed by atoms with Crippen LogP contribution in [-0.2, 0) is 6.61 Å². The molecule has 0 unspecified atom stereocenters. The van der Waals surface area contributed by atoms with Gasteiger partial charge in [-0.15, -0.1) is 5.10 Å². The molecular weight excluding hydrogens is 247 g/mol. The van der Waals surface area contributed by atoms with Gasteiger partial charge in [-0.2, -0.15) is 0 Å². The van der Waals surface area contributed by atoms with Gasteiger partial charge in [0.1, 0.15) is 18.2 Å². The summed E-state index contributed by atoms with van der Waals surface area (Å²) < 4.78 is 20.0. The fourth-order valence-corrected chi connectivity index (χ4v) is 1.71. The number of hydrogen-bond donors (Lipinski definition) is 1. The minimum absolute atomic E-state index is 0.172. The van der Waals surface area contributed by atoms with E-state index in [9.17, 15) is 4.39 Å². The van der Waals surface area contributed by atoms with Crippen LogP contribution in [-0.4, -0.2) is 14.6 Å². The summed E-state index contributed by atoms with van der Waals surface area (Å²) in [5.74, 6) is 0.612. The molecule has 0 aliphatic heterocycles. The molecule has 3 aromatic rings. The van der Waals surface area contributed by atoms with Gasteiger partial charge in [-0.25, -0.2) is 13.9 Å². The first kappa shape index (κ1) is 11.5. The average molecular weight is 258 g/mol. The highest BCUT2D eigenvalue weighted by Gasteiger charge is 2.05. The quantitative estimate of drug-likeness (QED) is 0.780. The lowest BCUT2D eigenvalue weighted by Gasteiger charge is -2.02. The molecule has 0 aliphatic carbocycles. The second kappa shape index (κ2) is 4.56. The Hall–Kier alpha value is -2.63. The summed E-state index contributed by atoms with van der Waals surface area (Å²) in [5, 5.41) is 4.22. The number of benzene rings is 1. The van der Waals surface area contributed by atoms with Gasteiger partial charge < -0.3 is 10.5 Å². The number of hydrogen-bond acceptors (Lipinski definition) is 4. The highest BCUT2D eigenvalue weighted by Crippen LogP contribution is 2.13. The van der Waals surface area contributed by atoms with Crippen LogP contribution >= 0.6 is 0 Å². The first-order valence-electron chi connectivity index (χ1n) is 5.70. The zero-order valence-corrected chi connectivity index (χ0v) is 9.95. The maximum Gasteiger partial charge on any atom is 0.189 e. The predicted molar refractivity (Wildman–Crippen MR) is 68.1 cm³/mol. The van der Waals surface area contributed by atoms with E-state index in [0.717, 1.165) is 0 Å². The number of nitrogens with zero attached hydrogens (tertiary/aromatic N) is 3. The first-order chi connectivity index (χ1) is 9.20.